The average Bonchev–Trinajstić information content (AvgIpc) is 2.59. The van der Waals surface area contributed by atoms with Crippen molar-refractivity contribution in [3.05, 3.63) is 16.1 Å². The molecule has 1 N–H and O–H groups in total. The van der Waals surface area contributed by atoms with Gasteiger partial charge in [0.2, 0.25) is 0 Å². The Hall–Kier alpha value is -0.900. The van der Waals surface area contributed by atoms with Crippen LogP contribution in [0.15, 0.2) is 6.20 Å². The minimum atomic E-state index is -0.749. The van der Waals surface area contributed by atoms with Crippen molar-refractivity contribution >= 4 is 17.3 Å². The van der Waals surface area contributed by atoms with Crippen LogP contribution in [0.5, 0.6) is 0 Å². The van der Waals surface area contributed by atoms with Gasteiger partial charge < -0.3 is 5.11 Å². The topological polar surface area (TPSA) is 50.2 Å². The summed E-state index contributed by atoms with van der Waals surface area (Å²) >= 11 is 1.68. The Morgan fingerprint density at radius 2 is 2.40 bits per heavy atom. The molecule has 0 unspecified atom stereocenters. The Morgan fingerprint density at radius 1 is 1.67 bits per heavy atom. The van der Waals surface area contributed by atoms with E-state index in [1.165, 1.54) is 24.1 Å². The van der Waals surface area contributed by atoms with Crippen LogP contribution in [-0.4, -0.2) is 16.1 Å². The number of carbonyl (C=O) groups is 1. The summed E-state index contributed by atoms with van der Waals surface area (Å²) in [4.78, 5) is 16.0. The van der Waals surface area contributed by atoms with Gasteiger partial charge in [0.15, 0.2) is 0 Å². The van der Waals surface area contributed by atoms with Crippen molar-refractivity contribution in [1.82, 2.24) is 4.98 Å². The van der Waals surface area contributed by atoms with Crippen LogP contribution in [0.4, 0.5) is 0 Å². The first kappa shape index (κ1) is 10.6. The van der Waals surface area contributed by atoms with Crippen molar-refractivity contribution < 1.29 is 9.90 Å². The summed E-state index contributed by atoms with van der Waals surface area (Å²) in [6, 6.07) is 0. The van der Waals surface area contributed by atoms with Crippen LogP contribution in [0.25, 0.3) is 0 Å². The third-order valence-corrected chi connectivity index (χ3v) is 4.52. The maximum Gasteiger partial charge on any atom is 0.303 e. The number of aliphatic carboxylic acids is 1. The Labute approximate surface area is 93.2 Å². The molecule has 0 saturated heterocycles. The fourth-order valence-corrected chi connectivity index (χ4v) is 2.99. The number of rotatable bonds is 4. The molecule has 4 heteroatoms. The summed E-state index contributed by atoms with van der Waals surface area (Å²) in [6.07, 6.45) is 6.47. The predicted molar refractivity (Wildman–Crippen MR) is 59.3 cm³/mol. The van der Waals surface area contributed by atoms with E-state index < -0.39 is 5.97 Å². The molecule has 1 aliphatic carbocycles. The van der Waals surface area contributed by atoms with Crippen molar-refractivity contribution in [1.29, 1.82) is 0 Å². The molecule has 0 aromatic carbocycles. The van der Waals surface area contributed by atoms with Gasteiger partial charge in [-0.15, -0.1) is 11.3 Å². The van der Waals surface area contributed by atoms with Crippen LogP contribution in [0, 0.1) is 0 Å². The summed E-state index contributed by atoms with van der Waals surface area (Å²) in [6.45, 7) is 2.27. The van der Waals surface area contributed by atoms with E-state index >= 15 is 0 Å². The highest BCUT2D eigenvalue weighted by Gasteiger charge is 2.35. The quantitative estimate of drug-likeness (QED) is 0.857. The Bertz CT molecular complexity index is 368. The van der Waals surface area contributed by atoms with Crippen molar-refractivity contribution in [2.45, 2.75) is 44.4 Å². The predicted octanol–water partition coefficient (Wildman–Crippen LogP) is 2.60. The number of aromatic nitrogens is 1. The number of carboxylic acids is 1. The van der Waals surface area contributed by atoms with Gasteiger partial charge >= 0.3 is 5.97 Å². The molecule has 82 valence electrons. The monoisotopic (exact) mass is 225 g/mol. The van der Waals surface area contributed by atoms with Gasteiger partial charge in [-0.05, 0) is 12.8 Å². The highest BCUT2D eigenvalue weighted by molar-refractivity contribution is 7.11. The zero-order valence-corrected chi connectivity index (χ0v) is 9.64. The van der Waals surface area contributed by atoms with Crippen LogP contribution in [0.3, 0.4) is 0 Å². The molecular weight excluding hydrogens is 210 g/mol. The Kier molecular flexibility index (Phi) is 2.78. The fraction of sp³-hybridized carbons (Fsp3) is 0.636. The van der Waals surface area contributed by atoms with Gasteiger partial charge in [0.1, 0.15) is 0 Å². The number of nitrogens with zero attached hydrogens (tertiary/aromatic N) is 1. The zero-order valence-electron chi connectivity index (χ0n) is 8.82. The second-order valence-corrected chi connectivity index (χ2v) is 5.54. The van der Waals surface area contributed by atoms with Gasteiger partial charge in [0, 0.05) is 22.9 Å². The van der Waals surface area contributed by atoms with Gasteiger partial charge in [0.05, 0.1) is 11.4 Å². The maximum atomic E-state index is 10.4. The first-order valence-corrected chi connectivity index (χ1v) is 6.09. The number of hydrogen-bond acceptors (Lipinski definition) is 3. The van der Waals surface area contributed by atoms with Crippen molar-refractivity contribution in [2.24, 2.45) is 0 Å². The number of thiazole rings is 1. The van der Waals surface area contributed by atoms with Crippen molar-refractivity contribution in [2.75, 3.05) is 0 Å². The summed E-state index contributed by atoms with van der Waals surface area (Å²) in [5.41, 5.74) is 0.332. The maximum absolute atomic E-state index is 10.4. The van der Waals surface area contributed by atoms with Crippen LogP contribution >= 0.6 is 11.3 Å². The number of aryl methyl sites for hydroxylation is 1. The molecule has 1 saturated carbocycles. The van der Waals surface area contributed by atoms with Gasteiger partial charge in [-0.1, -0.05) is 13.3 Å². The molecule has 0 atom stereocenters. The molecule has 1 aliphatic rings. The minimum absolute atomic E-state index is 0.184. The van der Waals surface area contributed by atoms with Gasteiger partial charge in [-0.25, -0.2) is 4.98 Å². The van der Waals surface area contributed by atoms with Gasteiger partial charge in [-0.3, -0.25) is 4.79 Å². The van der Waals surface area contributed by atoms with Gasteiger partial charge in [-0.2, -0.15) is 0 Å². The second-order valence-electron chi connectivity index (χ2n) is 4.43. The first-order chi connectivity index (χ1) is 7.10. The van der Waals surface area contributed by atoms with Crippen LogP contribution in [0.2, 0.25) is 0 Å². The first-order valence-electron chi connectivity index (χ1n) is 5.27. The molecule has 15 heavy (non-hydrogen) atoms. The lowest BCUT2D eigenvalue weighted by atomic mass is 9.70. The van der Waals surface area contributed by atoms with E-state index in [4.69, 9.17) is 5.11 Å². The van der Waals surface area contributed by atoms with E-state index in [9.17, 15) is 4.79 Å². The highest BCUT2D eigenvalue weighted by Crippen LogP contribution is 2.45. The molecule has 0 amide bonds. The minimum Gasteiger partial charge on any atom is -0.481 e. The number of hydrogen-bond donors (Lipinski definition) is 1. The van der Waals surface area contributed by atoms with E-state index in [1.807, 2.05) is 6.20 Å². The van der Waals surface area contributed by atoms with Gasteiger partial charge in [0.25, 0.3) is 0 Å². The Morgan fingerprint density at radius 3 is 2.93 bits per heavy atom. The molecule has 0 spiro atoms. The molecule has 0 aliphatic heterocycles. The zero-order chi connectivity index (χ0) is 10.9. The summed E-state index contributed by atoms with van der Waals surface area (Å²) in [7, 11) is 0. The van der Waals surface area contributed by atoms with E-state index in [0.29, 0.717) is 11.8 Å². The van der Waals surface area contributed by atoms with Crippen molar-refractivity contribution in [3.8, 4) is 0 Å². The van der Waals surface area contributed by atoms with Crippen molar-refractivity contribution in [3.63, 3.8) is 0 Å². The smallest absolute Gasteiger partial charge is 0.303 e. The Balaban J connectivity index is 2.00. The summed E-state index contributed by atoms with van der Waals surface area (Å²) < 4.78 is 0. The largest absolute Gasteiger partial charge is 0.481 e. The molecular formula is C11H15NO2S. The SMILES string of the molecule is CC1(c2cnc(CCC(=O)O)s2)CCC1. The molecule has 2 rings (SSSR count). The molecule has 1 fully saturated rings. The fourth-order valence-electron chi connectivity index (χ4n) is 1.87. The third kappa shape index (κ3) is 2.20. The molecule has 1 heterocycles. The normalized spacial score (nSPS) is 18.5. The van der Waals surface area contributed by atoms with E-state index in [0.717, 1.165) is 5.01 Å². The highest BCUT2D eigenvalue weighted by atomic mass is 32.1. The lowest BCUT2D eigenvalue weighted by Gasteiger charge is -2.37. The van der Waals surface area contributed by atoms with Crippen LogP contribution in [-0.2, 0) is 16.6 Å². The molecule has 1 aromatic heterocycles. The molecule has 1 aromatic rings. The van der Waals surface area contributed by atoms with E-state index in [2.05, 4.69) is 11.9 Å². The molecule has 0 bridgehead atoms. The van der Waals surface area contributed by atoms with Crippen LogP contribution < -0.4 is 0 Å². The van der Waals surface area contributed by atoms with E-state index in [-0.39, 0.29) is 6.42 Å². The number of carboxylic acid groups (broad SMARTS) is 1. The summed E-state index contributed by atoms with van der Waals surface area (Å²) in [5.74, 6) is -0.749. The standard InChI is InChI=1S/C11H15NO2S/c1-11(5-2-6-11)8-7-12-9(15-8)3-4-10(13)14/h7H,2-6H2,1H3,(H,13,14). The third-order valence-electron chi connectivity index (χ3n) is 3.16. The van der Waals surface area contributed by atoms with E-state index in [1.54, 1.807) is 11.3 Å². The molecule has 3 nitrogen and oxygen atoms in total. The lowest BCUT2D eigenvalue weighted by molar-refractivity contribution is -0.136. The second kappa shape index (κ2) is 3.93. The summed E-state index contributed by atoms with van der Waals surface area (Å²) in [5, 5.41) is 9.53. The lowest BCUT2D eigenvalue weighted by Crippen LogP contribution is -2.29. The van der Waals surface area contributed by atoms with Crippen LogP contribution in [0.1, 0.15) is 42.5 Å². The molecule has 0 radical (unpaired) electrons. The average molecular weight is 225 g/mol.